The third-order valence-corrected chi connectivity index (χ3v) is 4.64. The zero-order chi connectivity index (χ0) is 16.8. The van der Waals surface area contributed by atoms with Gasteiger partial charge in [0, 0.05) is 10.0 Å². The van der Waals surface area contributed by atoms with Crippen molar-refractivity contribution in [3.05, 3.63) is 51.6 Å². The highest BCUT2D eigenvalue weighted by Gasteiger charge is 2.19. The maximum absolute atomic E-state index is 6.37. The van der Waals surface area contributed by atoms with Crippen LogP contribution < -0.4 is 4.74 Å². The molecule has 0 aliphatic heterocycles. The summed E-state index contributed by atoms with van der Waals surface area (Å²) in [6.45, 7) is 1.91. The van der Waals surface area contributed by atoms with Crippen LogP contribution in [-0.2, 0) is 0 Å². The molecule has 0 amide bonds. The fourth-order valence-corrected chi connectivity index (χ4v) is 3.45. The number of nitrogens with zero attached hydrogens (tertiary/aromatic N) is 4. The van der Waals surface area contributed by atoms with Gasteiger partial charge in [-0.2, -0.15) is 0 Å². The average Bonchev–Trinajstić information content (AvgIpc) is 2.99. The van der Waals surface area contributed by atoms with Gasteiger partial charge in [0.15, 0.2) is 11.5 Å². The van der Waals surface area contributed by atoms with Crippen LogP contribution in [0.25, 0.3) is 28.1 Å². The monoisotopic (exact) mass is 402 g/mol. The fourth-order valence-electron chi connectivity index (χ4n) is 2.80. The quantitative estimate of drug-likeness (QED) is 0.488. The molecule has 2 aromatic carbocycles. The van der Waals surface area contributed by atoms with E-state index in [9.17, 15) is 0 Å². The number of aromatic nitrogens is 4. The summed E-state index contributed by atoms with van der Waals surface area (Å²) in [7, 11) is 1.63. The molecular weight excluding hydrogens is 392 g/mol. The Bertz CT molecular complexity index is 1090. The predicted molar refractivity (Wildman–Crippen MR) is 97.7 cm³/mol. The standard InChI is InChI=1S/C17H12BrClN4O/c1-9-16-21-22-17(11-5-3-4-6-12(11)19)23(16)15-13(20-9)7-10(18)8-14(15)24-2/h3-8H,1-2H3. The molecule has 24 heavy (non-hydrogen) atoms. The summed E-state index contributed by atoms with van der Waals surface area (Å²) in [6.07, 6.45) is 0. The minimum Gasteiger partial charge on any atom is -0.494 e. The Labute approximate surface area is 151 Å². The van der Waals surface area contributed by atoms with Crippen molar-refractivity contribution in [2.24, 2.45) is 0 Å². The van der Waals surface area contributed by atoms with E-state index in [-0.39, 0.29) is 0 Å². The highest BCUT2D eigenvalue weighted by Crippen LogP contribution is 2.34. The molecule has 0 radical (unpaired) electrons. The van der Waals surface area contributed by atoms with E-state index in [4.69, 9.17) is 16.3 Å². The number of hydrogen-bond acceptors (Lipinski definition) is 4. The molecule has 120 valence electrons. The highest BCUT2D eigenvalue weighted by atomic mass is 79.9. The lowest BCUT2D eigenvalue weighted by Crippen LogP contribution is -2.00. The second-order valence-electron chi connectivity index (χ2n) is 5.34. The van der Waals surface area contributed by atoms with Crippen molar-refractivity contribution in [3.63, 3.8) is 0 Å². The molecular formula is C17H12BrClN4O. The van der Waals surface area contributed by atoms with Crippen LogP contribution in [0.15, 0.2) is 40.9 Å². The van der Waals surface area contributed by atoms with E-state index in [2.05, 4.69) is 31.1 Å². The maximum Gasteiger partial charge on any atom is 0.183 e. The first-order valence-electron chi connectivity index (χ1n) is 7.24. The lowest BCUT2D eigenvalue weighted by molar-refractivity contribution is 0.418. The Morgan fingerprint density at radius 2 is 1.96 bits per heavy atom. The molecule has 0 aliphatic carbocycles. The number of aryl methyl sites for hydroxylation is 1. The molecule has 4 aromatic rings. The summed E-state index contributed by atoms with van der Waals surface area (Å²) in [6, 6.07) is 11.4. The summed E-state index contributed by atoms with van der Waals surface area (Å²) in [5, 5.41) is 9.28. The van der Waals surface area contributed by atoms with E-state index in [0.29, 0.717) is 22.2 Å². The summed E-state index contributed by atoms with van der Waals surface area (Å²) in [5.74, 6) is 1.34. The Kier molecular flexibility index (Phi) is 3.66. The predicted octanol–water partition coefficient (Wildman–Crippen LogP) is 4.68. The van der Waals surface area contributed by atoms with Gasteiger partial charge in [-0.15, -0.1) is 10.2 Å². The third-order valence-electron chi connectivity index (χ3n) is 3.85. The Morgan fingerprint density at radius 1 is 1.17 bits per heavy atom. The molecule has 0 bridgehead atoms. The van der Waals surface area contributed by atoms with Crippen LogP contribution in [0.5, 0.6) is 5.75 Å². The molecule has 0 fully saturated rings. The molecule has 0 spiro atoms. The SMILES string of the molecule is COc1cc(Br)cc2nc(C)c3nnc(-c4ccccc4Cl)n3c12. The molecule has 0 saturated carbocycles. The minimum absolute atomic E-state index is 0.616. The lowest BCUT2D eigenvalue weighted by Gasteiger charge is -2.11. The largest absolute Gasteiger partial charge is 0.494 e. The molecule has 0 atom stereocenters. The number of benzene rings is 2. The van der Waals surface area contributed by atoms with Crippen LogP contribution in [-0.4, -0.2) is 26.7 Å². The normalized spacial score (nSPS) is 11.3. The van der Waals surface area contributed by atoms with Gasteiger partial charge in [0.2, 0.25) is 0 Å². The smallest absolute Gasteiger partial charge is 0.183 e. The molecule has 2 aromatic heterocycles. The molecule has 0 saturated heterocycles. The van der Waals surface area contributed by atoms with Gasteiger partial charge in [-0.3, -0.25) is 4.40 Å². The zero-order valence-electron chi connectivity index (χ0n) is 12.9. The van der Waals surface area contributed by atoms with E-state index >= 15 is 0 Å². The van der Waals surface area contributed by atoms with E-state index in [1.165, 1.54) is 0 Å². The van der Waals surface area contributed by atoms with Gasteiger partial charge in [-0.05, 0) is 31.2 Å². The topological polar surface area (TPSA) is 52.3 Å². The van der Waals surface area contributed by atoms with Gasteiger partial charge in [0.25, 0.3) is 0 Å². The van der Waals surface area contributed by atoms with Gasteiger partial charge in [0.05, 0.1) is 23.3 Å². The van der Waals surface area contributed by atoms with Gasteiger partial charge < -0.3 is 4.74 Å². The van der Waals surface area contributed by atoms with Crippen molar-refractivity contribution >= 4 is 44.2 Å². The van der Waals surface area contributed by atoms with E-state index in [1.807, 2.05) is 47.7 Å². The summed E-state index contributed by atoms with van der Waals surface area (Å²) in [4.78, 5) is 4.64. The highest BCUT2D eigenvalue weighted by molar-refractivity contribution is 9.10. The number of halogens is 2. The maximum atomic E-state index is 6.37. The second-order valence-corrected chi connectivity index (χ2v) is 6.66. The van der Waals surface area contributed by atoms with Crippen LogP contribution in [0, 0.1) is 6.92 Å². The summed E-state index contributed by atoms with van der Waals surface area (Å²) in [5.41, 5.74) is 3.87. The van der Waals surface area contributed by atoms with Crippen molar-refractivity contribution in [2.45, 2.75) is 6.92 Å². The van der Waals surface area contributed by atoms with Crippen molar-refractivity contribution in [2.75, 3.05) is 7.11 Å². The van der Waals surface area contributed by atoms with Crippen LogP contribution in [0.4, 0.5) is 0 Å². The van der Waals surface area contributed by atoms with Crippen LogP contribution in [0.2, 0.25) is 5.02 Å². The van der Waals surface area contributed by atoms with Gasteiger partial charge in [-0.1, -0.05) is 39.7 Å². The first-order chi connectivity index (χ1) is 11.6. The number of hydrogen-bond donors (Lipinski definition) is 0. The Hall–Kier alpha value is -2.18. The number of methoxy groups -OCH3 is 1. The van der Waals surface area contributed by atoms with Gasteiger partial charge in [-0.25, -0.2) is 4.98 Å². The van der Waals surface area contributed by atoms with E-state index < -0.39 is 0 Å². The Morgan fingerprint density at radius 3 is 2.71 bits per heavy atom. The molecule has 2 heterocycles. The molecule has 5 nitrogen and oxygen atoms in total. The van der Waals surface area contributed by atoms with Crippen molar-refractivity contribution in [3.8, 4) is 17.1 Å². The fraction of sp³-hybridized carbons (Fsp3) is 0.118. The number of ether oxygens (including phenoxy) is 1. The minimum atomic E-state index is 0.616. The van der Waals surface area contributed by atoms with E-state index in [0.717, 1.165) is 26.8 Å². The first kappa shape index (κ1) is 15.4. The van der Waals surface area contributed by atoms with Crippen molar-refractivity contribution in [1.29, 1.82) is 0 Å². The van der Waals surface area contributed by atoms with Crippen molar-refractivity contribution in [1.82, 2.24) is 19.6 Å². The van der Waals surface area contributed by atoms with Crippen LogP contribution in [0.1, 0.15) is 5.69 Å². The van der Waals surface area contributed by atoms with Gasteiger partial charge in [0.1, 0.15) is 11.3 Å². The zero-order valence-corrected chi connectivity index (χ0v) is 15.3. The van der Waals surface area contributed by atoms with Crippen LogP contribution in [0.3, 0.4) is 0 Å². The summed E-state index contributed by atoms with van der Waals surface area (Å²) < 4.78 is 8.41. The summed E-state index contributed by atoms with van der Waals surface area (Å²) >= 11 is 9.87. The van der Waals surface area contributed by atoms with E-state index in [1.54, 1.807) is 7.11 Å². The molecule has 0 N–H and O–H groups in total. The van der Waals surface area contributed by atoms with Crippen LogP contribution >= 0.6 is 27.5 Å². The van der Waals surface area contributed by atoms with Gasteiger partial charge >= 0.3 is 0 Å². The first-order valence-corrected chi connectivity index (χ1v) is 8.41. The third kappa shape index (κ3) is 2.25. The Balaban J connectivity index is 2.22. The number of rotatable bonds is 2. The molecule has 0 unspecified atom stereocenters. The molecule has 7 heteroatoms. The molecule has 4 rings (SSSR count). The molecule has 0 aliphatic rings. The lowest BCUT2D eigenvalue weighted by atomic mass is 10.2. The van der Waals surface area contributed by atoms with Crippen molar-refractivity contribution < 1.29 is 4.74 Å². The second kappa shape index (κ2) is 5.72. The number of fused-ring (bicyclic) bond motifs is 3. The average molecular weight is 404 g/mol.